The van der Waals surface area contributed by atoms with Crippen LogP contribution in [0.1, 0.15) is 35.3 Å². The number of carbonyl (C=O) groups is 1. The molecular weight excluding hydrogens is 398 g/mol. The van der Waals surface area contributed by atoms with Gasteiger partial charge in [0.05, 0.1) is 10.6 Å². The number of rotatable bonds is 5. The van der Waals surface area contributed by atoms with Gasteiger partial charge in [-0.2, -0.15) is 4.98 Å². The topological polar surface area (TPSA) is 70.2 Å². The number of nitrogens with one attached hydrogen (secondary N) is 2. The van der Waals surface area contributed by atoms with Crippen molar-refractivity contribution >= 4 is 40.6 Å². The number of halogens is 1. The average molecular weight is 422 g/mol. The van der Waals surface area contributed by atoms with Gasteiger partial charge in [-0.25, -0.2) is 4.98 Å². The third-order valence-corrected chi connectivity index (χ3v) is 5.34. The lowest BCUT2D eigenvalue weighted by atomic mass is 10.1. The van der Waals surface area contributed by atoms with Crippen molar-refractivity contribution in [3.05, 3.63) is 70.9 Å². The number of amides is 1. The number of aromatic nitrogens is 2. The average Bonchev–Trinajstić information content (AvgIpc) is 2.75. The molecule has 1 aliphatic rings. The zero-order valence-electron chi connectivity index (χ0n) is 16.9. The van der Waals surface area contributed by atoms with Gasteiger partial charge in [-0.3, -0.25) is 4.79 Å². The molecule has 0 spiro atoms. The monoisotopic (exact) mass is 421 g/mol. The first-order chi connectivity index (χ1) is 14.6. The summed E-state index contributed by atoms with van der Waals surface area (Å²) in [5.74, 6) is 1.30. The Bertz CT molecular complexity index is 1030. The molecule has 2 heterocycles. The summed E-state index contributed by atoms with van der Waals surface area (Å²) in [5, 5.41) is 6.63. The highest BCUT2D eigenvalue weighted by Crippen LogP contribution is 2.23. The molecule has 30 heavy (non-hydrogen) atoms. The van der Waals surface area contributed by atoms with E-state index in [2.05, 4.69) is 20.5 Å². The number of nitrogens with zero attached hydrogens (tertiary/aromatic N) is 3. The Labute approximate surface area is 181 Å². The molecule has 0 saturated carbocycles. The molecule has 1 amide bonds. The number of piperidine rings is 1. The van der Waals surface area contributed by atoms with E-state index < -0.39 is 0 Å². The van der Waals surface area contributed by atoms with E-state index in [0.29, 0.717) is 16.3 Å². The Kier molecular flexibility index (Phi) is 6.14. The number of carbonyl (C=O) groups excluding carboxylic acids is 1. The molecule has 2 aromatic carbocycles. The van der Waals surface area contributed by atoms with Crippen molar-refractivity contribution in [1.29, 1.82) is 0 Å². The molecule has 0 atom stereocenters. The van der Waals surface area contributed by atoms with Crippen molar-refractivity contribution < 1.29 is 4.79 Å². The number of aryl methyl sites for hydroxylation is 1. The summed E-state index contributed by atoms with van der Waals surface area (Å²) in [6, 6.07) is 16.4. The molecule has 7 heteroatoms. The summed E-state index contributed by atoms with van der Waals surface area (Å²) in [4.78, 5) is 23.9. The first kappa shape index (κ1) is 20.2. The maximum atomic E-state index is 12.4. The van der Waals surface area contributed by atoms with E-state index in [0.717, 1.165) is 36.2 Å². The SMILES string of the molecule is Cc1cc(Nc2ccc(NC(=O)c3ccccc3Cl)cc2)nc(N2CCCCC2)n1. The second kappa shape index (κ2) is 9.13. The summed E-state index contributed by atoms with van der Waals surface area (Å²) in [6.45, 7) is 3.99. The smallest absolute Gasteiger partial charge is 0.257 e. The Hall–Kier alpha value is -3.12. The zero-order chi connectivity index (χ0) is 20.9. The largest absolute Gasteiger partial charge is 0.341 e. The van der Waals surface area contributed by atoms with E-state index in [4.69, 9.17) is 16.6 Å². The maximum absolute atomic E-state index is 12.4. The molecule has 0 unspecified atom stereocenters. The fraction of sp³-hybridized carbons (Fsp3) is 0.261. The summed E-state index contributed by atoms with van der Waals surface area (Å²) in [5.41, 5.74) is 2.95. The number of hydrogen-bond donors (Lipinski definition) is 2. The predicted molar refractivity (Wildman–Crippen MR) is 122 cm³/mol. The second-order valence-corrected chi connectivity index (χ2v) is 7.79. The van der Waals surface area contributed by atoms with Gasteiger partial charge in [0, 0.05) is 36.2 Å². The van der Waals surface area contributed by atoms with Crippen LogP contribution >= 0.6 is 11.6 Å². The molecule has 0 aliphatic carbocycles. The molecule has 2 N–H and O–H groups in total. The Morgan fingerprint density at radius 1 is 0.967 bits per heavy atom. The summed E-state index contributed by atoms with van der Waals surface area (Å²) >= 11 is 6.10. The second-order valence-electron chi connectivity index (χ2n) is 7.38. The van der Waals surface area contributed by atoms with Crippen LogP contribution in [0.15, 0.2) is 54.6 Å². The molecule has 3 aromatic rings. The van der Waals surface area contributed by atoms with E-state index in [1.165, 1.54) is 19.3 Å². The quantitative estimate of drug-likeness (QED) is 0.575. The van der Waals surface area contributed by atoms with Crippen LogP contribution < -0.4 is 15.5 Å². The minimum atomic E-state index is -0.237. The Morgan fingerprint density at radius 2 is 1.67 bits per heavy atom. The molecule has 1 fully saturated rings. The van der Waals surface area contributed by atoms with Crippen LogP contribution in [0.3, 0.4) is 0 Å². The Balaban J connectivity index is 1.44. The van der Waals surface area contributed by atoms with Crippen LogP contribution in [0.4, 0.5) is 23.1 Å². The molecular formula is C23H24ClN5O. The summed E-state index contributed by atoms with van der Waals surface area (Å²) in [7, 11) is 0. The van der Waals surface area contributed by atoms with E-state index in [-0.39, 0.29) is 5.91 Å². The fourth-order valence-corrected chi connectivity index (χ4v) is 3.70. The Morgan fingerprint density at radius 3 is 2.40 bits per heavy atom. The highest BCUT2D eigenvalue weighted by Gasteiger charge is 2.15. The molecule has 0 bridgehead atoms. The van der Waals surface area contributed by atoms with Gasteiger partial charge >= 0.3 is 0 Å². The van der Waals surface area contributed by atoms with E-state index in [9.17, 15) is 4.79 Å². The van der Waals surface area contributed by atoms with Crippen LogP contribution in [-0.2, 0) is 0 Å². The van der Waals surface area contributed by atoms with Crippen molar-refractivity contribution in [2.24, 2.45) is 0 Å². The first-order valence-electron chi connectivity index (χ1n) is 10.1. The van der Waals surface area contributed by atoms with Crippen molar-refractivity contribution in [1.82, 2.24) is 9.97 Å². The van der Waals surface area contributed by atoms with Crippen LogP contribution in [0.25, 0.3) is 0 Å². The lowest BCUT2D eigenvalue weighted by molar-refractivity contribution is 0.102. The molecule has 6 nitrogen and oxygen atoms in total. The van der Waals surface area contributed by atoms with Crippen LogP contribution in [0, 0.1) is 6.92 Å². The fourth-order valence-electron chi connectivity index (χ4n) is 3.48. The highest BCUT2D eigenvalue weighted by molar-refractivity contribution is 6.34. The van der Waals surface area contributed by atoms with Crippen molar-refractivity contribution in [3.8, 4) is 0 Å². The summed E-state index contributed by atoms with van der Waals surface area (Å²) < 4.78 is 0. The van der Waals surface area contributed by atoms with Gasteiger partial charge in [0.2, 0.25) is 5.95 Å². The molecule has 0 radical (unpaired) electrons. The third kappa shape index (κ3) is 4.89. The summed E-state index contributed by atoms with van der Waals surface area (Å²) in [6.07, 6.45) is 3.63. The van der Waals surface area contributed by atoms with Gasteiger partial charge in [0.1, 0.15) is 5.82 Å². The standard InChI is InChI=1S/C23H24ClN5O/c1-16-15-21(28-23(25-16)29-13-5-2-6-14-29)26-17-9-11-18(12-10-17)27-22(30)19-7-3-4-8-20(19)24/h3-4,7-12,15H,2,5-6,13-14H2,1H3,(H,27,30)(H,25,26,28). The lowest BCUT2D eigenvalue weighted by Gasteiger charge is -2.27. The number of benzene rings is 2. The molecule has 1 saturated heterocycles. The number of anilines is 4. The van der Waals surface area contributed by atoms with E-state index >= 15 is 0 Å². The van der Waals surface area contributed by atoms with Crippen LogP contribution in [0.2, 0.25) is 5.02 Å². The van der Waals surface area contributed by atoms with Gasteiger partial charge in [-0.05, 0) is 62.6 Å². The third-order valence-electron chi connectivity index (χ3n) is 5.01. The van der Waals surface area contributed by atoms with Crippen molar-refractivity contribution in [2.45, 2.75) is 26.2 Å². The van der Waals surface area contributed by atoms with Gasteiger partial charge in [0.15, 0.2) is 0 Å². The molecule has 154 valence electrons. The van der Waals surface area contributed by atoms with Crippen LogP contribution in [0.5, 0.6) is 0 Å². The van der Waals surface area contributed by atoms with E-state index in [1.807, 2.05) is 37.3 Å². The van der Waals surface area contributed by atoms with Crippen LogP contribution in [-0.4, -0.2) is 29.0 Å². The van der Waals surface area contributed by atoms with E-state index in [1.54, 1.807) is 24.3 Å². The normalized spacial score (nSPS) is 13.7. The minimum absolute atomic E-state index is 0.237. The lowest BCUT2D eigenvalue weighted by Crippen LogP contribution is -2.31. The van der Waals surface area contributed by atoms with Gasteiger partial charge in [-0.1, -0.05) is 23.7 Å². The highest BCUT2D eigenvalue weighted by atomic mass is 35.5. The van der Waals surface area contributed by atoms with Crippen molar-refractivity contribution in [2.75, 3.05) is 28.6 Å². The minimum Gasteiger partial charge on any atom is -0.341 e. The van der Waals surface area contributed by atoms with Gasteiger partial charge in [0.25, 0.3) is 5.91 Å². The molecule has 1 aromatic heterocycles. The predicted octanol–water partition coefficient (Wildman–Crippen LogP) is 5.42. The first-order valence-corrected chi connectivity index (χ1v) is 10.5. The van der Waals surface area contributed by atoms with Crippen molar-refractivity contribution in [3.63, 3.8) is 0 Å². The maximum Gasteiger partial charge on any atom is 0.257 e. The van der Waals surface area contributed by atoms with Gasteiger partial charge in [-0.15, -0.1) is 0 Å². The molecule has 4 rings (SSSR count). The molecule has 1 aliphatic heterocycles. The zero-order valence-corrected chi connectivity index (χ0v) is 17.6. The van der Waals surface area contributed by atoms with Gasteiger partial charge < -0.3 is 15.5 Å². The number of hydrogen-bond acceptors (Lipinski definition) is 5.